The van der Waals surface area contributed by atoms with E-state index in [9.17, 15) is 27.2 Å². The van der Waals surface area contributed by atoms with Crippen LogP contribution in [0, 0.1) is 5.82 Å². The summed E-state index contributed by atoms with van der Waals surface area (Å²) in [5, 5.41) is 0. The summed E-state index contributed by atoms with van der Waals surface area (Å²) in [6.45, 7) is 1.21. The van der Waals surface area contributed by atoms with Gasteiger partial charge in [-0.25, -0.2) is 9.18 Å². The third-order valence-electron chi connectivity index (χ3n) is 6.82. The van der Waals surface area contributed by atoms with Gasteiger partial charge in [0.2, 0.25) is 0 Å². The molecule has 0 saturated carbocycles. The zero-order valence-corrected chi connectivity index (χ0v) is 20.6. The number of halogens is 4. The Kier molecular flexibility index (Phi) is 8.46. The van der Waals surface area contributed by atoms with Gasteiger partial charge in [-0.15, -0.1) is 0 Å². The Hall–Kier alpha value is -3.72. The maximum atomic E-state index is 14.1. The van der Waals surface area contributed by atoms with Gasteiger partial charge in [-0.2, -0.15) is 13.2 Å². The highest BCUT2D eigenvalue weighted by atomic mass is 19.4. The topological polar surface area (TPSA) is 72.6 Å². The minimum absolute atomic E-state index is 0.0715. The molecule has 0 unspecified atom stereocenters. The fraction of sp³-hybridized carbons (Fsp3) is 0.310. The number of hydrogen-bond donors (Lipinski definition) is 1. The SMILES string of the molecule is NCc1cccc(C2CCN(C(=O)c3cccc(CCc4ccccc4F)c3OC(=O)C(F)(F)F)CC2)c1. The maximum Gasteiger partial charge on any atom is 0.491 e. The molecule has 9 heteroatoms. The van der Waals surface area contributed by atoms with E-state index < -0.39 is 29.6 Å². The van der Waals surface area contributed by atoms with Crippen LogP contribution in [-0.2, 0) is 24.2 Å². The predicted molar refractivity (Wildman–Crippen MR) is 134 cm³/mol. The number of alkyl halides is 3. The van der Waals surface area contributed by atoms with Crippen molar-refractivity contribution >= 4 is 11.9 Å². The summed E-state index contributed by atoms with van der Waals surface area (Å²) in [4.78, 5) is 26.8. The summed E-state index contributed by atoms with van der Waals surface area (Å²) >= 11 is 0. The monoisotopic (exact) mass is 528 g/mol. The Morgan fingerprint density at radius 1 is 0.921 bits per heavy atom. The molecule has 1 fully saturated rings. The third kappa shape index (κ3) is 6.39. The molecule has 1 saturated heterocycles. The lowest BCUT2D eigenvalue weighted by Gasteiger charge is -2.33. The second-order valence-corrected chi connectivity index (χ2v) is 9.29. The molecule has 1 heterocycles. The Morgan fingerprint density at radius 3 is 2.26 bits per heavy atom. The van der Waals surface area contributed by atoms with Crippen molar-refractivity contribution in [2.45, 2.75) is 44.3 Å². The normalized spacial score (nSPS) is 14.4. The lowest BCUT2D eigenvalue weighted by Crippen LogP contribution is -2.38. The van der Waals surface area contributed by atoms with E-state index in [2.05, 4.69) is 6.07 Å². The second-order valence-electron chi connectivity index (χ2n) is 9.29. The predicted octanol–water partition coefficient (Wildman–Crippen LogP) is 5.56. The summed E-state index contributed by atoms with van der Waals surface area (Å²) in [5.41, 5.74) is 8.34. The number of carbonyl (C=O) groups excluding carboxylic acids is 2. The molecule has 0 bridgehead atoms. The molecule has 38 heavy (non-hydrogen) atoms. The highest BCUT2D eigenvalue weighted by Crippen LogP contribution is 2.33. The van der Waals surface area contributed by atoms with Crippen LogP contribution < -0.4 is 10.5 Å². The molecule has 200 valence electrons. The van der Waals surface area contributed by atoms with E-state index in [4.69, 9.17) is 10.5 Å². The molecule has 1 aliphatic rings. The number of aryl methyl sites for hydroxylation is 2. The van der Waals surface area contributed by atoms with Crippen molar-refractivity contribution in [1.82, 2.24) is 4.90 Å². The summed E-state index contributed by atoms with van der Waals surface area (Å²) < 4.78 is 58.1. The van der Waals surface area contributed by atoms with Crippen LogP contribution in [0.15, 0.2) is 66.7 Å². The Labute approximate surface area is 218 Å². The standard InChI is InChI=1S/C29H28F4N2O3/c30-25-10-2-1-6-21(25)11-12-22-7-4-9-24(26(22)38-28(37)29(31,32)33)27(36)35-15-13-20(14-16-35)23-8-3-5-19(17-23)18-34/h1-10,17,20H,11-16,18,34H2. The number of amides is 1. The molecular formula is C29H28F4N2O3. The quantitative estimate of drug-likeness (QED) is 0.248. The molecular weight excluding hydrogens is 500 g/mol. The molecule has 3 aromatic rings. The van der Waals surface area contributed by atoms with Gasteiger partial charge in [0.15, 0.2) is 0 Å². The molecule has 1 amide bonds. The first-order valence-electron chi connectivity index (χ1n) is 12.4. The average Bonchev–Trinajstić information content (AvgIpc) is 2.92. The molecule has 0 aliphatic carbocycles. The van der Waals surface area contributed by atoms with Crippen molar-refractivity contribution in [2.75, 3.05) is 13.1 Å². The number of likely N-dealkylation sites (tertiary alicyclic amines) is 1. The fourth-order valence-electron chi connectivity index (χ4n) is 4.75. The Morgan fingerprint density at radius 2 is 1.58 bits per heavy atom. The van der Waals surface area contributed by atoms with E-state index in [1.54, 1.807) is 17.0 Å². The number of rotatable bonds is 7. The van der Waals surface area contributed by atoms with E-state index in [-0.39, 0.29) is 29.9 Å². The van der Waals surface area contributed by atoms with Gasteiger partial charge < -0.3 is 15.4 Å². The van der Waals surface area contributed by atoms with Gasteiger partial charge in [0.05, 0.1) is 5.56 Å². The van der Waals surface area contributed by atoms with Crippen LogP contribution in [0.5, 0.6) is 5.75 Å². The minimum atomic E-state index is -5.24. The summed E-state index contributed by atoms with van der Waals surface area (Å²) in [6.07, 6.45) is -3.68. The van der Waals surface area contributed by atoms with Gasteiger partial charge >= 0.3 is 12.1 Å². The van der Waals surface area contributed by atoms with Crippen molar-refractivity contribution in [3.05, 3.63) is 100 Å². The third-order valence-corrected chi connectivity index (χ3v) is 6.82. The van der Waals surface area contributed by atoms with Crippen molar-refractivity contribution in [3.8, 4) is 5.75 Å². The summed E-state index contributed by atoms with van der Waals surface area (Å²) in [5.74, 6) is -3.59. The first kappa shape index (κ1) is 27.3. The van der Waals surface area contributed by atoms with Crippen LogP contribution in [0.2, 0.25) is 0 Å². The first-order chi connectivity index (χ1) is 18.2. The van der Waals surface area contributed by atoms with Crippen molar-refractivity contribution in [1.29, 1.82) is 0 Å². The molecule has 0 atom stereocenters. The highest BCUT2D eigenvalue weighted by Gasteiger charge is 2.42. The van der Waals surface area contributed by atoms with Crippen molar-refractivity contribution in [3.63, 3.8) is 0 Å². The van der Waals surface area contributed by atoms with Gasteiger partial charge in [0.25, 0.3) is 5.91 Å². The maximum absolute atomic E-state index is 14.1. The van der Waals surface area contributed by atoms with Crippen LogP contribution in [-0.4, -0.2) is 36.0 Å². The average molecular weight is 529 g/mol. The van der Waals surface area contributed by atoms with Crippen LogP contribution in [0.4, 0.5) is 17.6 Å². The number of carbonyl (C=O) groups is 2. The van der Waals surface area contributed by atoms with E-state index in [1.165, 1.54) is 30.3 Å². The van der Waals surface area contributed by atoms with Crippen LogP contribution >= 0.6 is 0 Å². The number of esters is 1. The first-order valence-corrected chi connectivity index (χ1v) is 12.4. The molecule has 5 nitrogen and oxygen atoms in total. The van der Waals surface area contributed by atoms with Crippen molar-refractivity contribution in [2.24, 2.45) is 5.73 Å². The largest absolute Gasteiger partial charge is 0.491 e. The molecule has 0 aromatic heterocycles. The van der Waals surface area contributed by atoms with Gasteiger partial charge in [0.1, 0.15) is 11.6 Å². The number of piperidine rings is 1. The van der Waals surface area contributed by atoms with Crippen molar-refractivity contribution < 1.29 is 31.9 Å². The molecule has 0 spiro atoms. The molecule has 4 rings (SSSR count). The van der Waals surface area contributed by atoms with Crippen LogP contribution in [0.25, 0.3) is 0 Å². The molecule has 2 N–H and O–H groups in total. The minimum Gasteiger partial charge on any atom is -0.419 e. The number of ether oxygens (including phenoxy) is 1. The molecule has 3 aromatic carbocycles. The zero-order chi connectivity index (χ0) is 27.3. The summed E-state index contributed by atoms with van der Waals surface area (Å²) in [7, 11) is 0. The van der Waals surface area contributed by atoms with Crippen LogP contribution in [0.3, 0.4) is 0 Å². The van der Waals surface area contributed by atoms with Gasteiger partial charge in [0, 0.05) is 19.6 Å². The second kappa shape index (κ2) is 11.8. The fourth-order valence-corrected chi connectivity index (χ4v) is 4.75. The van der Waals surface area contributed by atoms with E-state index >= 15 is 0 Å². The lowest BCUT2D eigenvalue weighted by molar-refractivity contribution is -0.189. The van der Waals surface area contributed by atoms with E-state index in [0.717, 1.165) is 11.1 Å². The van der Waals surface area contributed by atoms with E-state index in [1.807, 2.05) is 18.2 Å². The highest BCUT2D eigenvalue weighted by molar-refractivity contribution is 5.98. The number of para-hydroxylation sites is 1. The molecule has 1 aliphatic heterocycles. The number of nitrogens with two attached hydrogens (primary N) is 1. The van der Waals surface area contributed by atoms with Gasteiger partial charge in [-0.1, -0.05) is 54.6 Å². The van der Waals surface area contributed by atoms with Crippen LogP contribution in [0.1, 0.15) is 51.4 Å². The Balaban J connectivity index is 1.55. The van der Waals surface area contributed by atoms with Gasteiger partial charge in [-0.05, 0) is 66.0 Å². The van der Waals surface area contributed by atoms with Gasteiger partial charge in [-0.3, -0.25) is 4.79 Å². The number of hydrogen-bond acceptors (Lipinski definition) is 4. The zero-order valence-electron chi connectivity index (χ0n) is 20.6. The smallest absolute Gasteiger partial charge is 0.419 e. The molecule has 0 radical (unpaired) electrons. The van der Waals surface area contributed by atoms with E-state index in [0.29, 0.717) is 38.0 Å². The number of nitrogens with zero attached hydrogens (tertiary/aromatic N) is 1. The summed E-state index contributed by atoms with van der Waals surface area (Å²) in [6, 6.07) is 18.4. The Bertz CT molecular complexity index is 1300. The lowest BCUT2D eigenvalue weighted by atomic mass is 9.88. The number of benzene rings is 3.